The highest BCUT2D eigenvalue weighted by Crippen LogP contribution is 2.36. The Hall–Kier alpha value is -2.39. The van der Waals surface area contributed by atoms with Crippen LogP contribution >= 0.6 is 55.1 Å². The van der Waals surface area contributed by atoms with E-state index in [9.17, 15) is 14.4 Å². The summed E-state index contributed by atoms with van der Waals surface area (Å²) in [6.45, 7) is 3.81. The lowest BCUT2D eigenvalue weighted by Gasteiger charge is -2.27. The number of hydrogen-bond donors (Lipinski definition) is 1. The van der Waals surface area contributed by atoms with Crippen LogP contribution in [0, 0.1) is 13.8 Å². The van der Waals surface area contributed by atoms with Crippen LogP contribution in [0.25, 0.3) is 11.8 Å². The second-order valence-corrected chi connectivity index (χ2v) is 9.73. The number of aromatic nitrogens is 1. The van der Waals surface area contributed by atoms with Crippen LogP contribution in [0.4, 0.5) is 10.5 Å². The molecule has 0 bridgehead atoms. The first kappa shape index (κ1) is 23.8. The Kier molecular flexibility index (Phi) is 6.55. The Morgan fingerprint density at radius 1 is 0.939 bits per heavy atom. The number of nitrogens with zero attached hydrogens (tertiary/aromatic N) is 2. The van der Waals surface area contributed by atoms with Crippen molar-refractivity contribution in [3.8, 4) is 5.69 Å². The maximum Gasteiger partial charge on any atom is 0.336 e. The number of carbonyl (C=O) groups excluding carboxylic acids is 3. The number of hydrogen-bond acceptors (Lipinski definition) is 3. The van der Waals surface area contributed by atoms with E-state index >= 15 is 0 Å². The first-order valence-corrected chi connectivity index (χ1v) is 11.9. The number of amides is 4. The molecule has 1 fully saturated rings. The van der Waals surface area contributed by atoms with Gasteiger partial charge >= 0.3 is 6.03 Å². The van der Waals surface area contributed by atoms with E-state index in [-0.39, 0.29) is 21.3 Å². The van der Waals surface area contributed by atoms with Crippen LogP contribution in [0.2, 0.25) is 10.0 Å². The van der Waals surface area contributed by atoms with Crippen molar-refractivity contribution in [3.05, 3.63) is 84.0 Å². The van der Waals surface area contributed by atoms with Crippen molar-refractivity contribution < 1.29 is 14.4 Å². The summed E-state index contributed by atoms with van der Waals surface area (Å²) in [5, 5.41) is 2.42. The second kappa shape index (κ2) is 9.10. The fraction of sp³-hybridized carbons (Fsp3) is 0.0870. The second-order valence-electron chi connectivity index (χ2n) is 7.24. The van der Waals surface area contributed by atoms with Gasteiger partial charge in [-0.15, -0.1) is 0 Å². The summed E-state index contributed by atoms with van der Waals surface area (Å²) >= 11 is 19.3. The molecule has 0 saturated carbocycles. The number of carbonyl (C=O) groups is 3. The minimum atomic E-state index is -0.897. The van der Waals surface area contributed by atoms with Crippen molar-refractivity contribution in [3.63, 3.8) is 0 Å². The molecule has 1 saturated heterocycles. The topological polar surface area (TPSA) is 71.4 Å². The van der Waals surface area contributed by atoms with E-state index in [4.69, 9.17) is 23.2 Å². The van der Waals surface area contributed by atoms with Crippen LogP contribution in [0.3, 0.4) is 0 Å². The normalized spacial score (nSPS) is 15.4. The first-order chi connectivity index (χ1) is 15.6. The van der Waals surface area contributed by atoms with Gasteiger partial charge in [0.25, 0.3) is 11.8 Å². The molecule has 2 aromatic carbocycles. The van der Waals surface area contributed by atoms with E-state index in [1.54, 1.807) is 6.07 Å². The predicted molar refractivity (Wildman–Crippen MR) is 136 cm³/mol. The van der Waals surface area contributed by atoms with Crippen LogP contribution in [-0.4, -0.2) is 22.4 Å². The summed E-state index contributed by atoms with van der Waals surface area (Å²) in [6.07, 6.45) is 1.47. The zero-order valence-corrected chi connectivity index (χ0v) is 21.9. The summed E-state index contributed by atoms with van der Waals surface area (Å²) in [5.74, 6) is -1.59. The van der Waals surface area contributed by atoms with E-state index in [0.29, 0.717) is 5.56 Å². The van der Waals surface area contributed by atoms with Gasteiger partial charge < -0.3 is 4.57 Å². The van der Waals surface area contributed by atoms with Gasteiger partial charge in [-0.3, -0.25) is 14.9 Å². The van der Waals surface area contributed by atoms with Gasteiger partial charge in [0.15, 0.2) is 0 Å². The van der Waals surface area contributed by atoms with E-state index in [0.717, 1.165) is 30.9 Å². The lowest BCUT2D eigenvalue weighted by atomic mass is 10.1. The van der Waals surface area contributed by atoms with Gasteiger partial charge in [-0.25, -0.2) is 9.69 Å². The monoisotopic (exact) mass is 609 g/mol. The van der Waals surface area contributed by atoms with Crippen molar-refractivity contribution in [2.75, 3.05) is 4.90 Å². The molecule has 2 heterocycles. The minimum absolute atomic E-state index is 0.0333. The molecule has 1 aliphatic heterocycles. The third kappa shape index (κ3) is 4.17. The molecule has 0 radical (unpaired) electrons. The van der Waals surface area contributed by atoms with Crippen LogP contribution in [0.5, 0.6) is 0 Å². The van der Waals surface area contributed by atoms with Crippen molar-refractivity contribution in [2.45, 2.75) is 13.8 Å². The zero-order chi connectivity index (χ0) is 24.0. The first-order valence-electron chi connectivity index (χ1n) is 9.60. The quantitative estimate of drug-likeness (QED) is 0.268. The fourth-order valence-electron chi connectivity index (χ4n) is 3.65. The highest BCUT2D eigenvalue weighted by atomic mass is 79.9. The standard InChI is InChI=1S/C23H15Br2Cl2N3O3/c1-11-15(19(25)12(2)29(11)14-8-6-13(24)7-9-14)10-16-21(31)28-23(33)30(22(16)32)18-5-3-4-17(26)20(18)27/h3-10H,1-2H3,(H,28,31,33)/b16-10+. The number of urea groups is 1. The summed E-state index contributed by atoms with van der Waals surface area (Å²) < 4.78 is 3.68. The van der Waals surface area contributed by atoms with Crippen molar-refractivity contribution in [2.24, 2.45) is 0 Å². The van der Waals surface area contributed by atoms with Gasteiger partial charge in [0, 0.05) is 31.6 Å². The molecule has 1 aromatic heterocycles. The lowest BCUT2D eigenvalue weighted by molar-refractivity contribution is -0.122. The summed E-state index contributed by atoms with van der Waals surface area (Å²) in [4.78, 5) is 39.2. The number of imide groups is 2. The molecule has 0 atom stereocenters. The summed E-state index contributed by atoms with van der Waals surface area (Å²) in [7, 11) is 0. The Morgan fingerprint density at radius 3 is 2.27 bits per heavy atom. The Balaban J connectivity index is 1.83. The lowest BCUT2D eigenvalue weighted by Crippen LogP contribution is -2.54. The van der Waals surface area contributed by atoms with Gasteiger partial charge in [-0.1, -0.05) is 45.2 Å². The molecule has 10 heteroatoms. The average molecular weight is 612 g/mol. The number of rotatable bonds is 3. The molecule has 0 unspecified atom stereocenters. The van der Waals surface area contributed by atoms with Crippen LogP contribution in [0.15, 0.2) is 57.0 Å². The third-order valence-electron chi connectivity index (χ3n) is 5.26. The molecule has 1 N–H and O–H groups in total. The van der Waals surface area contributed by atoms with E-state index in [1.165, 1.54) is 18.2 Å². The van der Waals surface area contributed by atoms with Crippen molar-refractivity contribution in [1.82, 2.24) is 9.88 Å². The fourth-order valence-corrected chi connectivity index (χ4v) is 4.88. The van der Waals surface area contributed by atoms with E-state index < -0.39 is 17.8 Å². The molecule has 4 amide bonds. The van der Waals surface area contributed by atoms with Crippen LogP contribution < -0.4 is 10.2 Å². The highest BCUT2D eigenvalue weighted by molar-refractivity contribution is 9.10. The van der Waals surface area contributed by atoms with Gasteiger partial charge in [0.2, 0.25) is 0 Å². The summed E-state index contributed by atoms with van der Waals surface area (Å²) in [5.41, 5.74) is 3.13. The van der Waals surface area contributed by atoms with Crippen molar-refractivity contribution in [1.29, 1.82) is 0 Å². The smallest absolute Gasteiger partial charge is 0.317 e. The molecular formula is C23H15Br2Cl2N3O3. The summed E-state index contributed by atoms with van der Waals surface area (Å²) in [6, 6.07) is 11.4. The number of halogens is 4. The maximum absolute atomic E-state index is 13.3. The number of anilines is 1. The van der Waals surface area contributed by atoms with Crippen LogP contribution in [-0.2, 0) is 9.59 Å². The predicted octanol–water partition coefficient (Wildman–Crippen LogP) is 6.59. The largest absolute Gasteiger partial charge is 0.336 e. The molecule has 0 aliphatic carbocycles. The average Bonchev–Trinajstić information content (AvgIpc) is 2.97. The van der Waals surface area contributed by atoms with Crippen molar-refractivity contribution >= 4 is 84.7 Å². The van der Waals surface area contributed by atoms with Crippen LogP contribution in [0.1, 0.15) is 17.0 Å². The Labute approximate surface area is 216 Å². The number of nitrogens with one attached hydrogen (secondary N) is 1. The molecule has 0 spiro atoms. The molecule has 1 aliphatic rings. The molecule has 4 rings (SSSR count). The molecule has 168 valence electrons. The number of benzene rings is 2. The number of barbiturate groups is 1. The van der Waals surface area contributed by atoms with Gasteiger partial charge in [-0.2, -0.15) is 0 Å². The SMILES string of the molecule is Cc1c(Br)c(/C=C2\C(=O)NC(=O)N(c3cccc(Cl)c3Cl)C2=O)c(C)n1-c1ccc(Br)cc1. The minimum Gasteiger partial charge on any atom is -0.317 e. The van der Waals surface area contributed by atoms with E-state index in [1.807, 2.05) is 42.7 Å². The molecule has 6 nitrogen and oxygen atoms in total. The maximum atomic E-state index is 13.3. The zero-order valence-electron chi connectivity index (χ0n) is 17.2. The Bertz CT molecular complexity index is 1360. The van der Waals surface area contributed by atoms with Gasteiger partial charge in [0.1, 0.15) is 5.57 Å². The molecule has 3 aromatic rings. The third-order valence-corrected chi connectivity index (χ3v) is 7.60. The molecule has 33 heavy (non-hydrogen) atoms. The Morgan fingerprint density at radius 2 is 1.61 bits per heavy atom. The van der Waals surface area contributed by atoms with Gasteiger partial charge in [-0.05, 0) is 72.3 Å². The van der Waals surface area contributed by atoms with E-state index in [2.05, 4.69) is 37.2 Å². The highest BCUT2D eigenvalue weighted by Gasteiger charge is 2.38. The van der Waals surface area contributed by atoms with Gasteiger partial charge in [0.05, 0.1) is 15.7 Å². The molecular weight excluding hydrogens is 597 g/mol.